The Balaban J connectivity index is 2.35. The molecule has 0 saturated carbocycles. The van der Waals surface area contributed by atoms with E-state index in [0.29, 0.717) is 5.56 Å². The summed E-state index contributed by atoms with van der Waals surface area (Å²) < 4.78 is 0. The van der Waals surface area contributed by atoms with Crippen molar-refractivity contribution in [2.75, 3.05) is 6.54 Å². The summed E-state index contributed by atoms with van der Waals surface area (Å²) in [6.45, 7) is -0.484. The smallest absolute Gasteiger partial charge is 0.252 e. The van der Waals surface area contributed by atoms with Crippen LogP contribution in [-0.4, -0.2) is 18.4 Å². The Hall–Kier alpha value is -2.36. The Kier molecular flexibility index (Phi) is 3.05. The number of amides is 1. The van der Waals surface area contributed by atoms with E-state index in [4.69, 9.17) is 0 Å². The number of carboxylic acid groups (broad SMARTS) is 1. The number of hydrogen-bond acceptors (Lipinski definition) is 3. The van der Waals surface area contributed by atoms with Crippen LogP contribution < -0.4 is 10.4 Å². The lowest BCUT2D eigenvalue weighted by Crippen LogP contribution is -2.37. The highest BCUT2D eigenvalue weighted by Crippen LogP contribution is 2.18. The Bertz CT molecular complexity index is 572. The highest BCUT2D eigenvalue weighted by Gasteiger charge is 2.08. The summed E-state index contributed by atoms with van der Waals surface area (Å²) in [5.74, 6) is -1.72. The van der Waals surface area contributed by atoms with Crippen LogP contribution in [-0.2, 0) is 4.79 Å². The van der Waals surface area contributed by atoms with Gasteiger partial charge in [-0.1, -0.05) is 36.4 Å². The predicted octanol–water partition coefficient (Wildman–Crippen LogP) is 0.320. The lowest BCUT2D eigenvalue weighted by molar-refractivity contribution is -0.303. The van der Waals surface area contributed by atoms with E-state index in [1.165, 1.54) is 0 Å². The zero-order chi connectivity index (χ0) is 12.3. The van der Waals surface area contributed by atoms with Crippen LogP contribution in [0, 0.1) is 0 Å². The van der Waals surface area contributed by atoms with E-state index in [0.717, 1.165) is 10.8 Å². The number of carboxylic acids is 1. The van der Waals surface area contributed by atoms with E-state index in [2.05, 4.69) is 5.32 Å². The van der Waals surface area contributed by atoms with Crippen LogP contribution in [0.1, 0.15) is 10.4 Å². The topological polar surface area (TPSA) is 69.2 Å². The van der Waals surface area contributed by atoms with Gasteiger partial charge in [0.25, 0.3) is 5.91 Å². The van der Waals surface area contributed by atoms with E-state index in [1.54, 1.807) is 12.1 Å². The van der Waals surface area contributed by atoms with Gasteiger partial charge in [0, 0.05) is 5.56 Å². The number of hydrogen-bond donors (Lipinski definition) is 1. The average molecular weight is 228 g/mol. The summed E-state index contributed by atoms with van der Waals surface area (Å²) in [7, 11) is 0. The van der Waals surface area contributed by atoms with Gasteiger partial charge in [-0.15, -0.1) is 0 Å². The second-order valence-corrected chi connectivity index (χ2v) is 3.58. The molecule has 0 aliphatic heterocycles. The Labute approximate surface area is 97.9 Å². The number of aliphatic carboxylic acids is 1. The van der Waals surface area contributed by atoms with E-state index in [-0.39, 0.29) is 0 Å². The van der Waals surface area contributed by atoms with Gasteiger partial charge in [-0.2, -0.15) is 0 Å². The zero-order valence-electron chi connectivity index (χ0n) is 8.97. The minimum atomic E-state index is -1.31. The monoisotopic (exact) mass is 228 g/mol. The molecule has 0 aliphatic carbocycles. The molecule has 2 aromatic carbocycles. The largest absolute Gasteiger partial charge is 0.548 e. The highest BCUT2D eigenvalue weighted by molar-refractivity contribution is 6.07. The first-order valence-corrected chi connectivity index (χ1v) is 5.14. The fourth-order valence-corrected chi connectivity index (χ4v) is 1.67. The molecule has 86 valence electrons. The molecule has 0 unspecified atom stereocenters. The molecule has 0 bridgehead atoms. The number of fused-ring (bicyclic) bond motifs is 1. The maximum atomic E-state index is 11.8. The first kappa shape index (κ1) is 11.1. The number of nitrogens with one attached hydrogen (secondary N) is 1. The van der Waals surface area contributed by atoms with E-state index in [9.17, 15) is 14.7 Å². The van der Waals surface area contributed by atoms with Gasteiger partial charge < -0.3 is 15.2 Å². The maximum absolute atomic E-state index is 11.8. The molecule has 0 fully saturated rings. The second kappa shape index (κ2) is 4.65. The van der Waals surface area contributed by atoms with Gasteiger partial charge in [0.1, 0.15) is 0 Å². The molecule has 0 spiro atoms. The Morgan fingerprint density at radius 3 is 2.53 bits per heavy atom. The minimum Gasteiger partial charge on any atom is -0.548 e. The summed E-state index contributed by atoms with van der Waals surface area (Å²) >= 11 is 0. The molecule has 17 heavy (non-hydrogen) atoms. The number of rotatable bonds is 3. The molecule has 0 heterocycles. The van der Waals surface area contributed by atoms with Crippen molar-refractivity contribution < 1.29 is 14.7 Å². The van der Waals surface area contributed by atoms with Crippen LogP contribution in [0.3, 0.4) is 0 Å². The molecular formula is C13H10NO3-. The third-order valence-corrected chi connectivity index (χ3v) is 2.43. The van der Waals surface area contributed by atoms with Crippen LogP contribution in [0.4, 0.5) is 0 Å². The average Bonchev–Trinajstić information content (AvgIpc) is 2.35. The maximum Gasteiger partial charge on any atom is 0.252 e. The van der Waals surface area contributed by atoms with Gasteiger partial charge in [0.05, 0.1) is 12.5 Å². The van der Waals surface area contributed by atoms with E-state index >= 15 is 0 Å². The standard InChI is InChI=1S/C13H11NO3/c15-12(16)8-14-13(17)11-7-3-5-9-4-1-2-6-10(9)11/h1-7H,8H2,(H,14,17)(H,15,16)/p-1. The fraction of sp³-hybridized carbons (Fsp3) is 0.0769. The van der Waals surface area contributed by atoms with Crippen molar-refractivity contribution in [3.8, 4) is 0 Å². The summed E-state index contributed by atoms with van der Waals surface area (Å²) in [5.41, 5.74) is 0.462. The van der Waals surface area contributed by atoms with Crippen molar-refractivity contribution in [3.63, 3.8) is 0 Å². The molecule has 0 aromatic heterocycles. The lowest BCUT2D eigenvalue weighted by atomic mass is 10.0. The summed E-state index contributed by atoms with van der Waals surface area (Å²) in [6.07, 6.45) is 0. The lowest BCUT2D eigenvalue weighted by Gasteiger charge is -2.08. The van der Waals surface area contributed by atoms with Crippen molar-refractivity contribution in [2.24, 2.45) is 0 Å². The normalized spacial score (nSPS) is 10.1. The van der Waals surface area contributed by atoms with Gasteiger partial charge in [0.15, 0.2) is 0 Å². The van der Waals surface area contributed by atoms with Gasteiger partial charge in [-0.05, 0) is 16.8 Å². The molecule has 2 rings (SSSR count). The molecule has 1 N–H and O–H groups in total. The van der Waals surface area contributed by atoms with Gasteiger partial charge in [0.2, 0.25) is 0 Å². The molecular weight excluding hydrogens is 218 g/mol. The molecule has 4 nitrogen and oxygen atoms in total. The first-order chi connectivity index (χ1) is 8.18. The molecule has 0 aliphatic rings. The Morgan fingerprint density at radius 2 is 1.76 bits per heavy atom. The third-order valence-electron chi connectivity index (χ3n) is 2.43. The second-order valence-electron chi connectivity index (χ2n) is 3.58. The van der Waals surface area contributed by atoms with Crippen LogP contribution in [0.5, 0.6) is 0 Å². The molecule has 0 radical (unpaired) electrons. The highest BCUT2D eigenvalue weighted by atomic mass is 16.4. The van der Waals surface area contributed by atoms with Gasteiger partial charge in [-0.3, -0.25) is 4.79 Å². The van der Waals surface area contributed by atoms with Crippen LogP contribution in [0.25, 0.3) is 10.8 Å². The third kappa shape index (κ3) is 2.42. The molecule has 0 saturated heterocycles. The van der Waals surface area contributed by atoms with Crippen molar-refractivity contribution in [1.82, 2.24) is 5.32 Å². The van der Waals surface area contributed by atoms with Crippen molar-refractivity contribution in [1.29, 1.82) is 0 Å². The SMILES string of the molecule is O=C([O-])CNC(=O)c1cccc2ccccc12. The van der Waals surface area contributed by atoms with Crippen molar-refractivity contribution >= 4 is 22.6 Å². The van der Waals surface area contributed by atoms with Crippen LogP contribution >= 0.6 is 0 Å². The quantitative estimate of drug-likeness (QED) is 0.822. The van der Waals surface area contributed by atoms with Crippen molar-refractivity contribution in [2.45, 2.75) is 0 Å². The summed E-state index contributed by atoms with van der Waals surface area (Å²) in [6, 6.07) is 12.7. The van der Waals surface area contributed by atoms with E-state index < -0.39 is 18.4 Å². The Morgan fingerprint density at radius 1 is 1.06 bits per heavy atom. The van der Waals surface area contributed by atoms with E-state index in [1.807, 2.05) is 30.3 Å². The van der Waals surface area contributed by atoms with Crippen LogP contribution in [0.15, 0.2) is 42.5 Å². The number of benzene rings is 2. The predicted molar refractivity (Wildman–Crippen MR) is 61.3 cm³/mol. The number of carbonyl (C=O) groups is 2. The van der Waals surface area contributed by atoms with Crippen LogP contribution in [0.2, 0.25) is 0 Å². The minimum absolute atomic E-state index is 0.411. The summed E-state index contributed by atoms with van der Waals surface area (Å²) in [5, 5.41) is 14.3. The molecule has 4 heteroatoms. The van der Waals surface area contributed by atoms with Crippen molar-refractivity contribution in [3.05, 3.63) is 48.0 Å². The summed E-state index contributed by atoms with van der Waals surface area (Å²) in [4.78, 5) is 22.0. The number of carbonyl (C=O) groups excluding carboxylic acids is 2. The first-order valence-electron chi connectivity index (χ1n) is 5.14. The fourth-order valence-electron chi connectivity index (χ4n) is 1.67. The molecule has 2 aromatic rings. The van der Waals surface area contributed by atoms with Gasteiger partial charge >= 0.3 is 0 Å². The van der Waals surface area contributed by atoms with Gasteiger partial charge in [-0.25, -0.2) is 0 Å². The molecule has 0 atom stereocenters. The molecule has 1 amide bonds. The zero-order valence-corrected chi connectivity index (χ0v) is 8.97.